The molecule has 2 aliphatic heterocycles. The first-order valence-corrected chi connectivity index (χ1v) is 8.38. The normalized spacial score (nSPS) is 23.2. The van der Waals surface area contributed by atoms with Gasteiger partial charge < -0.3 is 24.3 Å². The lowest BCUT2D eigenvalue weighted by Gasteiger charge is -2.31. The van der Waals surface area contributed by atoms with Crippen molar-refractivity contribution >= 4 is 11.9 Å². The summed E-state index contributed by atoms with van der Waals surface area (Å²) in [4.78, 5) is 28.8. The number of aromatic nitrogens is 3. The maximum Gasteiger partial charge on any atom is 0.270 e. The maximum atomic E-state index is 12.9. The topological polar surface area (TPSA) is 83.6 Å². The van der Waals surface area contributed by atoms with Crippen molar-refractivity contribution < 1.29 is 14.3 Å². The SMILES string of the molecule is COc1ccnc(N2C[C@@H]3COC[C@H](C2)N(C(=O)c2ccc[nH]2)C3)n1. The summed E-state index contributed by atoms with van der Waals surface area (Å²) in [6, 6.07) is 5.33. The van der Waals surface area contributed by atoms with Crippen LogP contribution in [0.5, 0.6) is 5.88 Å². The van der Waals surface area contributed by atoms with E-state index in [0.717, 1.165) is 6.54 Å². The number of nitrogens with one attached hydrogen (secondary N) is 1. The zero-order valence-corrected chi connectivity index (χ0v) is 14.1. The van der Waals surface area contributed by atoms with E-state index >= 15 is 0 Å². The van der Waals surface area contributed by atoms with Crippen molar-refractivity contribution in [2.45, 2.75) is 6.04 Å². The number of methoxy groups -OCH3 is 1. The third kappa shape index (κ3) is 3.17. The van der Waals surface area contributed by atoms with Crippen molar-refractivity contribution in [1.82, 2.24) is 19.9 Å². The van der Waals surface area contributed by atoms with Crippen LogP contribution in [-0.2, 0) is 4.74 Å². The summed E-state index contributed by atoms with van der Waals surface area (Å²) in [5.41, 5.74) is 0.608. The molecule has 2 aromatic heterocycles. The summed E-state index contributed by atoms with van der Waals surface area (Å²) in [6.45, 7) is 3.20. The summed E-state index contributed by atoms with van der Waals surface area (Å²) in [5, 5.41) is 0. The molecule has 2 atom stereocenters. The standard InChI is InChI=1S/C17H21N5O3/c1-24-15-4-6-19-17(20-15)21-7-12-8-22(13(9-21)11-25-10-12)16(23)14-3-2-5-18-14/h2-6,12-13,18H,7-11H2,1H3/t12-,13-/m0/s1. The van der Waals surface area contributed by atoms with Crippen LogP contribution in [0.1, 0.15) is 10.5 Å². The van der Waals surface area contributed by atoms with Gasteiger partial charge in [0.25, 0.3) is 5.91 Å². The molecule has 25 heavy (non-hydrogen) atoms. The molecule has 8 nitrogen and oxygen atoms in total. The molecule has 1 amide bonds. The molecule has 0 saturated carbocycles. The lowest BCUT2D eigenvalue weighted by atomic mass is 10.1. The Balaban J connectivity index is 1.60. The van der Waals surface area contributed by atoms with E-state index < -0.39 is 0 Å². The molecule has 0 spiro atoms. The summed E-state index contributed by atoms with van der Waals surface area (Å²) in [5.74, 6) is 1.39. The number of hydrogen-bond donors (Lipinski definition) is 1. The first kappa shape index (κ1) is 15.9. The van der Waals surface area contributed by atoms with Gasteiger partial charge in [-0.05, 0) is 12.1 Å². The van der Waals surface area contributed by atoms with Gasteiger partial charge >= 0.3 is 0 Å². The summed E-state index contributed by atoms with van der Waals surface area (Å²) >= 11 is 0. The van der Waals surface area contributed by atoms with Crippen LogP contribution in [-0.4, -0.2) is 71.8 Å². The third-order valence-corrected chi connectivity index (χ3v) is 4.67. The predicted molar refractivity (Wildman–Crippen MR) is 90.7 cm³/mol. The predicted octanol–water partition coefficient (Wildman–Crippen LogP) is 0.791. The molecule has 2 aliphatic rings. The number of fused-ring (bicyclic) bond motifs is 3. The van der Waals surface area contributed by atoms with Gasteiger partial charge in [-0.25, -0.2) is 4.98 Å². The lowest BCUT2D eigenvalue weighted by molar-refractivity contribution is 0.0607. The van der Waals surface area contributed by atoms with Crippen molar-refractivity contribution in [2.75, 3.05) is 44.9 Å². The van der Waals surface area contributed by atoms with E-state index in [0.29, 0.717) is 43.8 Å². The van der Waals surface area contributed by atoms with Crippen LogP contribution in [0.2, 0.25) is 0 Å². The molecule has 2 bridgehead atoms. The van der Waals surface area contributed by atoms with Crippen LogP contribution < -0.4 is 9.64 Å². The quantitative estimate of drug-likeness (QED) is 0.887. The average Bonchev–Trinajstić information content (AvgIpc) is 3.01. The fraction of sp³-hybridized carbons (Fsp3) is 0.471. The highest BCUT2D eigenvalue weighted by atomic mass is 16.5. The van der Waals surface area contributed by atoms with E-state index in [1.807, 2.05) is 11.0 Å². The molecule has 0 radical (unpaired) electrons. The lowest BCUT2D eigenvalue weighted by Crippen LogP contribution is -2.47. The molecule has 0 unspecified atom stereocenters. The van der Waals surface area contributed by atoms with Gasteiger partial charge in [0.05, 0.1) is 26.4 Å². The van der Waals surface area contributed by atoms with Gasteiger partial charge in [0, 0.05) is 44.0 Å². The average molecular weight is 343 g/mol. The second-order valence-electron chi connectivity index (χ2n) is 6.40. The number of amides is 1. The number of anilines is 1. The van der Waals surface area contributed by atoms with Crippen LogP contribution in [0.15, 0.2) is 30.6 Å². The number of H-pyrrole nitrogens is 1. The second-order valence-corrected chi connectivity index (χ2v) is 6.40. The highest BCUT2D eigenvalue weighted by Gasteiger charge is 2.37. The second kappa shape index (κ2) is 6.72. The molecule has 8 heteroatoms. The number of hydrogen-bond acceptors (Lipinski definition) is 6. The zero-order chi connectivity index (χ0) is 17.2. The molecule has 1 N–H and O–H groups in total. The highest BCUT2D eigenvalue weighted by molar-refractivity contribution is 5.92. The van der Waals surface area contributed by atoms with E-state index in [-0.39, 0.29) is 17.9 Å². The van der Waals surface area contributed by atoms with Gasteiger partial charge in [-0.15, -0.1) is 0 Å². The zero-order valence-electron chi connectivity index (χ0n) is 14.1. The maximum absolute atomic E-state index is 12.9. The van der Waals surface area contributed by atoms with E-state index in [2.05, 4.69) is 19.9 Å². The Kier molecular flexibility index (Phi) is 4.27. The smallest absolute Gasteiger partial charge is 0.270 e. The summed E-state index contributed by atoms with van der Waals surface area (Å²) < 4.78 is 11.0. The minimum Gasteiger partial charge on any atom is -0.481 e. The Labute approximate surface area is 145 Å². The van der Waals surface area contributed by atoms with Crippen molar-refractivity contribution in [3.8, 4) is 5.88 Å². The fourth-order valence-electron chi connectivity index (χ4n) is 3.47. The third-order valence-electron chi connectivity index (χ3n) is 4.67. The molecule has 2 saturated heterocycles. The van der Waals surface area contributed by atoms with Gasteiger partial charge in [0.1, 0.15) is 5.69 Å². The Hall–Kier alpha value is -2.61. The largest absolute Gasteiger partial charge is 0.481 e. The van der Waals surface area contributed by atoms with Gasteiger partial charge in [-0.2, -0.15) is 4.98 Å². The molecular formula is C17H21N5O3. The van der Waals surface area contributed by atoms with E-state index in [9.17, 15) is 4.79 Å². The Morgan fingerprint density at radius 2 is 2.24 bits per heavy atom. The van der Waals surface area contributed by atoms with E-state index in [1.54, 1.807) is 31.6 Å². The number of aromatic amines is 1. The first-order valence-electron chi connectivity index (χ1n) is 8.38. The molecule has 2 aromatic rings. The van der Waals surface area contributed by atoms with E-state index in [1.165, 1.54) is 0 Å². The van der Waals surface area contributed by atoms with Gasteiger partial charge in [-0.3, -0.25) is 4.79 Å². The molecule has 4 heterocycles. The van der Waals surface area contributed by atoms with Crippen LogP contribution in [0.4, 0.5) is 5.95 Å². The van der Waals surface area contributed by atoms with Crippen molar-refractivity contribution in [2.24, 2.45) is 5.92 Å². The number of ether oxygens (including phenoxy) is 2. The van der Waals surface area contributed by atoms with Gasteiger partial charge in [0.15, 0.2) is 0 Å². The minimum absolute atomic E-state index is 0.0129. The Morgan fingerprint density at radius 1 is 1.32 bits per heavy atom. The van der Waals surface area contributed by atoms with Gasteiger partial charge in [-0.1, -0.05) is 0 Å². The van der Waals surface area contributed by atoms with Crippen LogP contribution in [0, 0.1) is 5.92 Å². The van der Waals surface area contributed by atoms with Gasteiger partial charge in [0.2, 0.25) is 11.8 Å². The Bertz CT molecular complexity index is 736. The summed E-state index contributed by atoms with van der Waals surface area (Å²) in [7, 11) is 1.59. The fourth-order valence-corrected chi connectivity index (χ4v) is 3.47. The van der Waals surface area contributed by atoms with E-state index in [4.69, 9.17) is 9.47 Å². The number of rotatable bonds is 3. The minimum atomic E-state index is -0.0434. The van der Waals surface area contributed by atoms with Crippen molar-refractivity contribution in [3.05, 3.63) is 36.3 Å². The molecule has 132 valence electrons. The highest BCUT2D eigenvalue weighted by Crippen LogP contribution is 2.24. The summed E-state index contributed by atoms with van der Waals surface area (Å²) in [6.07, 6.45) is 3.46. The molecule has 4 rings (SSSR count). The first-order chi connectivity index (χ1) is 12.2. The van der Waals surface area contributed by atoms with Crippen LogP contribution in [0.25, 0.3) is 0 Å². The molecule has 0 aromatic carbocycles. The molecular weight excluding hydrogens is 322 g/mol. The number of carbonyl (C=O) groups is 1. The Morgan fingerprint density at radius 3 is 3.04 bits per heavy atom. The van der Waals surface area contributed by atoms with Crippen molar-refractivity contribution in [1.29, 1.82) is 0 Å². The molecule has 2 fully saturated rings. The number of nitrogens with zero attached hydrogens (tertiary/aromatic N) is 4. The van der Waals surface area contributed by atoms with Crippen LogP contribution in [0.3, 0.4) is 0 Å². The monoisotopic (exact) mass is 343 g/mol. The molecule has 0 aliphatic carbocycles. The van der Waals surface area contributed by atoms with Crippen molar-refractivity contribution in [3.63, 3.8) is 0 Å². The van der Waals surface area contributed by atoms with Crippen LogP contribution >= 0.6 is 0 Å². The number of carbonyl (C=O) groups excluding carboxylic acids is 1.